The molecule has 1 aliphatic rings. The molecule has 4 rings (SSSR count). The summed E-state index contributed by atoms with van der Waals surface area (Å²) in [6, 6.07) is 16.1. The minimum absolute atomic E-state index is 0.0981. The Hall–Kier alpha value is -4.33. The molecule has 0 aliphatic carbocycles. The van der Waals surface area contributed by atoms with Crippen molar-refractivity contribution in [3.05, 3.63) is 95.6 Å². The number of carbonyl (C=O) groups excluding carboxylic acids is 3. The van der Waals surface area contributed by atoms with Gasteiger partial charge in [0.2, 0.25) is 5.91 Å². The molecule has 0 saturated carbocycles. The van der Waals surface area contributed by atoms with Gasteiger partial charge in [-0.05, 0) is 65.6 Å². The Labute approximate surface area is 262 Å². The molecule has 1 fully saturated rings. The topological polar surface area (TPSA) is 159 Å². The molecular weight excluding hydrogens is 608 g/mol. The van der Waals surface area contributed by atoms with Crippen LogP contribution >= 0.6 is 11.8 Å². The van der Waals surface area contributed by atoms with E-state index < -0.39 is 52.9 Å². The number of carboxylic acids is 1. The Balaban J connectivity index is 1.36. The summed E-state index contributed by atoms with van der Waals surface area (Å²) >= 11 is 1.26. The van der Waals surface area contributed by atoms with Gasteiger partial charge in [-0.3, -0.25) is 19.2 Å². The summed E-state index contributed by atoms with van der Waals surface area (Å²) < 4.78 is 32.4. The van der Waals surface area contributed by atoms with E-state index in [1.807, 2.05) is 0 Å². The van der Waals surface area contributed by atoms with E-state index in [1.165, 1.54) is 60.3 Å². The fourth-order valence-corrected chi connectivity index (χ4v) is 6.07. The maximum Gasteiger partial charge on any atom is 0.320 e. The predicted molar refractivity (Wildman–Crippen MR) is 164 cm³/mol. The van der Waals surface area contributed by atoms with E-state index in [0.29, 0.717) is 17.0 Å². The van der Waals surface area contributed by atoms with E-state index in [2.05, 4.69) is 5.32 Å². The van der Waals surface area contributed by atoms with Crippen molar-refractivity contribution in [2.75, 3.05) is 23.8 Å². The quantitative estimate of drug-likeness (QED) is 0.183. The zero-order chi connectivity index (χ0) is 32.7. The van der Waals surface area contributed by atoms with Crippen molar-refractivity contribution in [2.45, 2.75) is 36.8 Å². The predicted octanol–water partition coefficient (Wildman–Crippen LogP) is 3.39. The van der Waals surface area contributed by atoms with Gasteiger partial charge in [0.05, 0.1) is 18.7 Å². The molecule has 1 heterocycles. The third kappa shape index (κ3) is 8.65. The van der Waals surface area contributed by atoms with Crippen molar-refractivity contribution < 1.29 is 42.9 Å². The molecule has 5 N–H and O–H groups in total. The lowest BCUT2D eigenvalue weighted by atomic mass is 9.92. The van der Waals surface area contributed by atoms with Crippen LogP contribution < -0.4 is 20.7 Å². The third-order valence-electron chi connectivity index (χ3n) is 7.36. The van der Waals surface area contributed by atoms with Gasteiger partial charge in [-0.15, -0.1) is 11.8 Å². The Kier molecular flexibility index (Phi) is 11.3. The number of halogens is 2. The van der Waals surface area contributed by atoms with Crippen LogP contribution in [-0.4, -0.2) is 64.0 Å². The van der Waals surface area contributed by atoms with Crippen molar-refractivity contribution in [3.63, 3.8) is 0 Å². The number of nitrogens with zero attached hydrogens (tertiary/aromatic N) is 1. The lowest BCUT2D eigenvalue weighted by molar-refractivity contribution is -0.140. The fourth-order valence-electron chi connectivity index (χ4n) is 4.77. The highest BCUT2D eigenvalue weighted by molar-refractivity contribution is 8.00. The number of benzene rings is 3. The second-order valence-corrected chi connectivity index (χ2v) is 11.8. The molecule has 45 heavy (non-hydrogen) atoms. The second kappa shape index (κ2) is 15.1. The number of Topliss-reactive ketones (excluding diaryl/α,β-unsaturated/α-hetero) is 1. The number of carbonyl (C=O) groups is 4. The molecule has 238 valence electrons. The molecule has 3 aromatic rings. The van der Waals surface area contributed by atoms with Crippen molar-refractivity contribution in [2.24, 2.45) is 11.7 Å². The average Bonchev–Trinajstić information content (AvgIpc) is 3.02. The van der Waals surface area contributed by atoms with Crippen LogP contribution in [-0.2, 0) is 19.2 Å². The number of thioether (sulfide) groups is 1. The van der Waals surface area contributed by atoms with Crippen LogP contribution in [0.1, 0.15) is 36.6 Å². The maximum absolute atomic E-state index is 13.6. The van der Waals surface area contributed by atoms with E-state index in [4.69, 9.17) is 15.6 Å². The van der Waals surface area contributed by atoms with Gasteiger partial charge in [-0.25, -0.2) is 8.78 Å². The molecule has 0 spiro atoms. The SMILES string of the molecule is CC(CC(=O)CNC(=O)COc1ccc([C@@H]2[C@@H](SC[C@H](O)c3ccc(F)cc3)C(=O)N2c2ccc(F)cc2)cc1)[C@@H](N)C(=O)O. The zero-order valence-corrected chi connectivity index (χ0v) is 25.1. The number of aliphatic hydroxyl groups is 1. The van der Waals surface area contributed by atoms with E-state index in [-0.39, 0.29) is 37.0 Å². The minimum Gasteiger partial charge on any atom is -0.484 e. The maximum atomic E-state index is 13.6. The number of carboxylic acid groups (broad SMARTS) is 1. The Morgan fingerprint density at radius 3 is 2.20 bits per heavy atom. The van der Waals surface area contributed by atoms with Gasteiger partial charge in [0.25, 0.3) is 5.91 Å². The first kappa shape index (κ1) is 33.6. The first-order valence-electron chi connectivity index (χ1n) is 14.1. The summed E-state index contributed by atoms with van der Waals surface area (Å²) in [7, 11) is 0. The monoisotopic (exact) mass is 641 g/mol. The number of aliphatic hydroxyl groups excluding tert-OH is 1. The molecule has 1 unspecified atom stereocenters. The van der Waals surface area contributed by atoms with Crippen LogP contribution in [0.4, 0.5) is 14.5 Å². The largest absolute Gasteiger partial charge is 0.484 e. The molecule has 10 nitrogen and oxygen atoms in total. The molecule has 0 radical (unpaired) electrons. The van der Waals surface area contributed by atoms with E-state index in [9.17, 15) is 33.1 Å². The van der Waals surface area contributed by atoms with Crippen LogP contribution in [0, 0.1) is 17.6 Å². The zero-order valence-electron chi connectivity index (χ0n) is 24.3. The number of rotatable bonds is 15. The number of ether oxygens (including phenoxy) is 1. The first-order chi connectivity index (χ1) is 21.4. The minimum atomic E-state index is -1.21. The van der Waals surface area contributed by atoms with Gasteiger partial charge in [-0.1, -0.05) is 31.2 Å². The Morgan fingerprint density at radius 1 is 1.00 bits per heavy atom. The van der Waals surface area contributed by atoms with Crippen LogP contribution in [0.2, 0.25) is 0 Å². The van der Waals surface area contributed by atoms with Crippen molar-refractivity contribution in [3.8, 4) is 5.75 Å². The van der Waals surface area contributed by atoms with Crippen molar-refractivity contribution in [1.82, 2.24) is 5.32 Å². The standard InChI is InChI=1S/C32H33F2N3O7S/c1-18(28(35)32(42)43)14-24(38)15-36-27(40)16-44-25-12-4-20(5-13-25)29-30(31(41)37(29)23-10-8-22(34)9-11-23)45-17-26(39)19-2-6-21(33)7-3-19/h2-13,18,26,28-30,39H,14-17,35H2,1H3,(H,36,40)(H,42,43)/t18?,26-,28+,29+,30+/m0/s1. The number of ketones is 1. The smallest absolute Gasteiger partial charge is 0.320 e. The number of nitrogens with two attached hydrogens (primary N) is 1. The van der Waals surface area contributed by atoms with Crippen LogP contribution in [0.15, 0.2) is 72.8 Å². The fraction of sp³-hybridized carbons (Fsp3) is 0.312. The summed E-state index contributed by atoms with van der Waals surface area (Å²) in [5.74, 6) is -3.25. The lowest BCUT2D eigenvalue weighted by Gasteiger charge is -2.47. The van der Waals surface area contributed by atoms with Gasteiger partial charge in [0.15, 0.2) is 12.4 Å². The molecule has 0 aromatic heterocycles. The highest BCUT2D eigenvalue weighted by Crippen LogP contribution is 2.46. The Morgan fingerprint density at radius 2 is 1.60 bits per heavy atom. The number of hydrogen-bond acceptors (Lipinski definition) is 8. The third-order valence-corrected chi connectivity index (χ3v) is 8.69. The number of aliphatic carboxylic acids is 1. The highest BCUT2D eigenvalue weighted by atomic mass is 32.2. The van der Waals surface area contributed by atoms with Crippen molar-refractivity contribution >= 4 is 41.0 Å². The molecular formula is C32H33F2N3O7S. The average molecular weight is 642 g/mol. The number of anilines is 1. The van der Waals surface area contributed by atoms with Gasteiger partial charge in [-0.2, -0.15) is 0 Å². The van der Waals surface area contributed by atoms with E-state index in [0.717, 1.165) is 5.56 Å². The van der Waals surface area contributed by atoms with E-state index >= 15 is 0 Å². The van der Waals surface area contributed by atoms with Crippen molar-refractivity contribution in [1.29, 1.82) is 0 Å². The second-order valence-electron chi connectivity index (χ2n) is 10.7. The van der Waals surface area contributed by atoms with Gasteiger partial charge < -0.3 is 30.9 Å². The van der Waals surface area contributed by atoms with Gasteiger partial charge >= 0.3 is 5.97 Å². The molecule has 13 heteroatoms. The highest BCUT2D eigenvalue weighted by Gasteiger charge is 2.49. The molecule has 0 bridgehead atoms. The van der Waals surface area contributed by atoms with E-state index in [1.54, 1.807) is 36.1 Å². The molecule has 3 aromatic carbocycles. The number of β-lactam (4-membered cyclic amide) rings is 1. The van der Waals surface area contributed by atoms with Gasteiger partial charge in [0, 0.05) is 17.9 Å². The number of hydrogen-bond donors (Lipinski definition) is 4. The Bertz CT molecular complexity index is 1510. The molecule has 1 aliphatic heterocycles. The summed E-state index contributed by atoms with van der Waals surface area (Å²) in [5, 5.41) is 21.4. The molecule has 5 atom stereocenters. The summed E-state index contributed by atoms with van der Waals surface area (Å²) in [4.78, 5) is 50.0. The normalized spacial score (nSPS) is 18.0. The molecule has 2 amide bonds. The lowest BCUT2D eigenvalue weighted by Crippen LogP contribution is -2.57. The van der Waals surface area contributed by atoms with Crippen LogP contribution in [0.3, 0.4) is 0 Å². The summed E-state index contributed by atoms with van der Waals surface area (Å²) in [6.07, 6.45) is -1.02. The summed E-state index contributed by atoms with van der Waals surface area (Å²) in [5.41, 5.74) is 7.28. The summed E-state index contributed by atoms with van der Waals surface area (Å²) in [6.45, 7) is 0.879. The number of nitrogens with one attached hydrogen (secondary N) is 1. The molecule has 1 saturated heterocycles. The first-order valence-corrected chi connectivity index (χ1v) is 15.1. The van der Waals surface area contributed by atoms with Gasteiger partial charge in [0.1, 0.15) is 28.7 Å². The number of amides is 2. The van der Waals surface area contributed by atoms with Crippen LogP contribution in [0.25, 0.3) is 0 Å². The van der Waals surface area contributed by atoms with Crippen LogP contribution in [0.5, 0.6) is 5.75 Å².